The summed E-state index contributed by atoms with van der Waals surface area (Å²) in [6, 6.07) is 28.0. The zero-order valence-electron chi connectivity index (χ0n) is 24.5. The highest BCUT2D eigenvalue weighted by atomic mass is 35.5. The molecule has 1 saturated heterocycles. The summed E-state index contributed by atoms with van der Waals surface area (Å²) in [5, 5.41) is 0.637. The van der Waals surface area contributed by atoms with Gasteiger partial charge < -0.3 is 18.8 Å². The van der Waals surface area contributed by atoms with E-state index in [4.69, 9.17) is 26.1 Å². The second kappa shape index (κ2) is 12.9. The molecular weight excluding hydrogens is 560 g/mol. The number of halogens is 1. The highest BCUT2D eigenvalue weighted by Gasteiger charge is 2.24. The second-order valence-corrected chi connectivity index (χ2v) is 11.2. The van der Waals surface area contributed by atoms with Crippen LogP contribution in [0.5, 0.6) is 11.5 Å². The minimum Gasteiger partial charge on any atom is -0.494 e. The SMILES string of the molecule is CCOc1cccc(-c2ccc3nc(-c4ccc(C)cc4)c(CN4CCN(C(=O)COc5ccc(Cl)cc5)CC4)n3c2)c1. The van der Waals surface area contributed by atoms with E-state index in [1.54, 1.807) is 24.3 Å². The van der Waals surface area contributed by atoms with Crippen LogP contribution in [0, 0.1) is 6.92 Å². The van der Waals surface area contributed by atoms with Crippen molar-refractivity contribution < 1.29 is 14.3 Å². The zero-order chi connectivity index (χ0) is 29.8. The zero-order valence-corrected chi connectivity index (χ0v) is 25.3. The van der Waals surface area contributed by atoms with Crippen LogP contribution >= 0.6 is 11.6 Å². The third-order valence-electron chi connectivity index (χ3n) is 7.80. The monoisotopic (exact) mass is 594 g/mol. The van der Waals surface area contributed by atoms with Crippen LogP contribution in [0.15, 0.2) is 91.1 Å². The molecular formula is C35H35ClN4O3. The molecule has 0 aliphatic carbocycles. The van der Waals surface area contributed by atoms with Crippen LogP contribution in [0.2, 0.25) is 5.02 Å². The number of amides is 1. The van der Waals surface area contributed by atoms with Crippen molar-refractivity contribution in [2.75, 3.05) is 39.4 Å². The summed E-state index contributed by atoms with van der Waals surface area (Å²) in [5.74, 6) is 1.48. The van der Waals surface area contributed by atoms with Gasteiger partial charge in [-0.15, -0.1) is 0 Å². The molecule has 3 heterocycles. The van der Waals surface area contributed by atoms with E-state index in [9.17, 15) is 4.79 Å². The molecule has 43 heavy (non-hydrogen) atoms. The summed E-state index contributed by atoms with van der Waals surface area (Å²) in [5.41, 5.74) is 7.52. The summed E-state index contributed by atoms with van der Waals surface area (Å²) in [6.45, 7) is 8.28. The number of ether oxygens (including phenoxy) is 2. The predicted molar refractivity (Wildman–Crippen MR) is 171 cm³/mol. The molecule has 5 aromatic rings. The molecule has 0 saturated carbocycles. The molecule has 0 radical (unpaired) electrons. The molecule has 0 atom stereocenters. The number of aromatic nitrogens is 2. The van der Waals surface area contributed by atoms with Crippen molar-refractivity contribution in [3.05, 3.63) is 107 Å². The quantitative estimate of drug-likeness (QED) is 0.189. The summed E-state index contributed by atoms with van der Waals surface area (Å²) < 4.78 is 13.7. The van der Waals surface area contributed by atoms with E-state index < -0.39 is 0 Å². The maximum absolute atomic E-state index is 12.9. The van der Waals surface area contributed by atoms with Gasteiger partial charge in [0.25, 0.3) is 5.91 Å². The Morgan fingerprint density at radius 3 is 2.33 bits per heavy atom. The summed E-state index contributed by atoms with van der Waals surface area (Å²) in [4.78, 5) is 22.2. The third kappa shape index (κ3) is 6.69. The highest BCUT2D eigenvalue weighted by Crippen LogP contribution is 2.30. The number of rotatable bonds is 9. The summed E-state index contributed by atoms with van der Waals surface area (Å²) in [7, 11) is 0. The van der Waals surface area contributed by atoms with Crippen molar-refractivity contribution in [1.29, 1.82) is 0 Å². The molecule has 1 amide bonds. The van der Waals surface area contributed by atoms with Crippen molar-refractivity contribution in [2.45, 2.75) is 20.4 Å². The Morgan fingerprint density at radius 2 is 1.58 bits per heavy atom. The molecule has 1 aliphatic rings. The topological polar surface area (TPSA) is 59.3 Å². The van der Waals surface area contributed by atoms with Gasteiger partial charge >= 0.3 is 0 Å². The van der Waals surface area contributed by atoms with Crippen LogP contribution in [-0.2, 0) is 11.3 Å². The average molecular weight is 595 g/mol. The number of nitrogens with zero attached hydrogens (tertiary/aromatic N) is 4. The number of carbonyl (C=O) groups excluding carboxylic acids is 1. The minimum absolute atomic E-state index is 0.0105. The normalized spacial score (nSPS) is 13.8. The number of benzene rings is 3. The molecule has 3 aromatic carbocycles. The number of imidazole rings is 1. The summed E-state index contributed by atoms with van der Waals surface area (Å²) >= 11 is 5.95. The Kier molecular flexibility index (Phi) is 8.63. The molecule has 6 rings (SSSR count). The molecule has 0 unspecified atom stereocenters. The van der Waals surface area contributed by atoms with Gasteiger partial charge in [-0.1, -0.05) is 53.6 Å². The van der Waals surface area contributed by atoms with Gasteiger partial charge in [0.1, 0.15) is 17.1 Å². The molecule has 0 spiro atoms. The fourth-order valence-corrected chi connectivity index (χ4v) is 5.55. The van der Waals surface area contributed by atoms with Gasteiger partial charge in [0.2, 0.25) is 0 Å². The van der Waals surface area contributed by atoms with Crippen molar-refractivity contribution in [3.8, 4) is 33.9 Å². The largest absolute Gasteiger partial charge is 0.494 e. The lowest BCUT2D eigenvalue weighted by atomic mass is 10.1. The number of hydrogen-bond donors (Lipinski definition) is 0. The van der Waals surface area contributed by atoms with Crippen LogP contribution in [-0.4, -0.2) is 64.5 Å². The van der Waals surface area contributed by atoms with Gasteiger partial charge in [-0.3, -0.25) is 9.69 Å². The number of piperazine rings is 1. The Balaban J connectivity index is 1.22. The average Bonchev–Trinajstić information content (AvgIpc) is 3.39. The van der Waals surface area contributed by atoms with E-state index in [-0.39, 0.29) is 12.5 Å². The smallest absolute Gasteiger partial charge is 0.260 e. The van der Waals surface area contributed by atoms with E-state index >= 15 is 0 Å². The van der Waals surface area contributed by atoms with Crippen molar-refractivity contribution in [2.24, 2.45) is 0 Å². The predicted octanol–water partition coefficient (Wildman–Crippen LogP) is 6.75. The fraction of sp³-hybridized carbons (Fsp3) is 0.257. The molecule has 8 heteroatoms. The van der Waals surface area contributed by atoms with Gasteiger partial charge in [-0.25, -0.2) is 4.98 Å². The maximum Gasteiger partial charge on any atom is 0.260 e. The Bertz CT molecular complexity index is 1710. The van der Waals surface area contributed by atoms with Crippen LogP contribution in [0.4, 0.5) is 0 Å². The van der Waals surface area contributed by atoms with E-state index in [1.165, 1.54) is 5.56 Å². The van der Waals surface area contributed by atoms with E-state index in [0.717, 1.165) is 59.1 Å². The van der Waals surface area contributed by atoms with Gasteiger partial charge in [-0.2, -0.15) is 0 Å². The molecule has 1 aliphatic heterocycles. The Hall–Kier alpha value is -4.33. The number of carbonyl (C=O) groups is 1. The Morgan fingerprint density at radius 1 is 0.837 bits per heavy atom. The summed E-state index contributed by atoms with van der Waals surface area (Å²) in [6.07, 6.45) is 2.17. The van der Waals surface area contributed by atoms with Gasteiger partial charge in [0.15, 0.2) is 6.61 Å². The molecule has 220 valence electrons. The number of aryl methyl sites for hydroxylation is 1. The molecule has 2 aromatic heterocycles. The molecule has 7 nitrogen and oxygen atoms in total. The van der Waals surface area contributed by atoms with Crippen molar-refractivity contribution >= 4 is 23.2 Å². The number of pyridine rings is 1. The van der Waals surface area contributed by atoms with Gasteiger partial charge in [0, 0.05) is 49.5 Å². The fourth-order valence-electron chi connectivity index (χ4n) is 5.42. The lowest BCUT2D eigenvalue weighted by Gasteiger charge is -2.34. The lowest BCUT2D eigenvalue weighted by Crippen LogP contribution is -2.49. The highest BCUT2D eigenvalue weighted by molar-refractivity contribution is 6.30. The van der Waals surface area contributed by atoms with Crippen LogP contribution in [0.1, 0.15) is 18.2 Å². The third-order valence-corrected chi connectivity index (χ3v) is 8.05. The minimum atomic E-state index is -0.0105. The van der Waals surface area contributed by atoms with E-state index in [1.807, 2.05) is 24.0 Å². The van der Waals surface area contributed by atoms with E-state index in [2.05, 4.69) is 71.0 Å². The first-order valence-corrected chi connectivity index (χ1v) is 15.0. The lowest BCUT2D eigenvalue weighted by molar-refractivity contribution is -0.135. The van der Waals surface area contributed by atoms with Crippen molar-refractivity contribution in [1.82, 2.24) is 19.2 Å². The molecule has 0 bridgehead atoms. The first-order valence-electron chi connectivity index (χ1n) is 14.7. The maximum atomic E-state index is 12.9. The number of fused-ring (bicyclic) bond motifs is 1. The van der Waals surface area contributed by atoms with Crippen LogP contribution in [0.25, 0.3) is 28.0 Å². The van der Waals surface area contributed by atoms with Crippen molar-refractivity contribution in [3.63, 3.8) is 0 Å². The van der Waals surface area contributed by atoms with Crippen LogP contribution < -0.4 is 9.47 Å². The van der Waals surface area contributed by atoms with Crippen LogP contribution in [0.3, 0.4) is 0 Å². The first-order chi connectivity index (χ1) is 21.0. The standard InChI is InChI=1S/C35H35ClN4O3/c1-3-42-31-6-4-5-27(21-31)28-11-16-33-37-35(26-9-7-25(2)8-10-26)32(40(33)22-28)23-38-17-19-39(20-18-38)34(41)24-43-30-14-12-29(36)13-15-30/h4-16,21-22H,3,17-20,23-24H2,1-2H3. The van der Waals surface area contributed by atoms with E-state index in [0.29, 0.717) is 30.5 Å². The number of hydrogen-bond acceptors (Lipinski definition) is 5. The van der Waals surface area contributed by atoms with Gasteiger partial charge in [-0.05, 0) is 73.5 Å². The Labute approximate surface area is 257 Å². The molecule has 1 fully saturated rings. The second-order valence-electron chi connectivity index (χ2n) is 10.8. The van der Waals surface area contributed by atoms with Gasteiger partial charge in [0.05, 0.1) is 18.0 Å². The molecule has 0 N–H and O–H groups in total. The first kappa shape index (κ1) is 28.8.